The summed E-state index contributed by atoms with van der Waals surface area (Å²) >= 11 is 0. The number of hydrogen-bond acceptors (Lipinski definition) is 6. The molecule has 1 spiro atoms. The molecule has 3 aliphatic rings. The van der Waals surface area contributed by atoms with Crippen LogP contribution in [0.25, 0.3) is 33.6 Å². The predicted octanol–water partition coefficient (Wildman–Crippen LogP) is 5.19. The van der Waals surface area contributed by atoms with E-state index in [1.54, 1.807) is 0 Å². The van der Waals surface area contributed by atoms with Crippen LogP contribution >= 0.6 is 0 Å². The molecule has 0 radical (unpaired) electrons. The van der Waals surface area contributed by atoms with Crippen LogP contribution in [0.15, 0.2) is 47.0 Å². The van der Waals surface area contributed by atoms with Gasteiger partial charge in [0, 0.05) is 17.2 Å². The molecule has 0 unspecified atom stereocenters. The van der Waals surface area contributed by atoms with Crippen LogP contribution in [0, 0.1) is 5.41 Å². The molecule has 1 aliphatic heterocycles. The Morgan fingerprint density at radius 2 is 1.88 bits per heavy atom. The Labute approximate surface area is 192 Å². The fourth-order valence-corrected chi connectivity index (χ4v) is 6.39. The lowest BCUT2D eigenvalue weighted by atomic mass is 9.53. The lowest BCUT2D eigenvalue weighted by molar-refractivity contribution is -0.0611. The maximum atomic E-state index is 5.80. The number of aromatic amines is 1. The number of aromatic nitrogens is 5. The minimum atomic E-state index is 0.569. The summed E-state index contributed by atoms with van der Waals surface area (Å²) in [5, 5.41) is 19.6. The molecule has 2 saturated carbocycles. The number of nitrogens with one attached hydrogen (secondary N) is 1. The van der Waals surface area contributed by atoms with Crippen LogP contribution in [-0.4, -0.2) is 49.8 Å². The van der Waals surface area contributed by atoms with Crippen LogP contribution in [-0.2, 0) is 0 Å². The van der Waals surface area contributed by atoms with Gasteiger partial charge in [0.1, 0.15) is 5.52 Å². The van der Waals surface area contributed by atoms with Gasteiger partial charge in [0.05, 0.1) is 5.39 Å². The summed E-state index contributed by atoms with van der Waals surface area (Å²) in [5.74, 6) is 1.98. The highest BCUT2D eigenvalue weighted by Gasteiger charge is 2.50. The Bertz CT molecular complexity index is 1280. The van der Waals surface area contributed by atoms with Gasteiger partial charge in [-0.1, -0.05) is 29.8 Å². The largest absolute Gasteiger partial charge is 0.355 e. The second kappa shape index (κ2) is 7.48. The van der Waals surface area contributed by atoms with E-state index in [-0.39, 0.29) is 0 Å². The summed E-state index contributed by atoms with van der Waals surface area (Å²) in [5.41, 5.74) is 4.98. The normalized spacial score (nSPS) is 21.3. The molecule has 2 aliphatic carbocycles. The van der Waals surface area contributed by atoms with Crippen molar-refractivity contribution in [3.05, 3.63) is 48.0 Å². The summed E-state index contributed by atoms with van der Waals surface area (Å²) in [6.07, 6.45) is 9.83. The highest BCUT2D eigenvalue weighted by Crippen LogP contribution is 2.57. The van der Waals surface area contributed by atoms with Crippen molar-refractivity contribution in [2.45, 2.75) is 56.9 Å². The highest BCUT2D eigenvalue weighted by atomic mass is 16.5. The van der Waals surface area contributed by atoms with Gasteiger partial charge in [-0.2, -0.15) is 5.21 Å². The lowest BCUT2D eigenvalue weighted by Gasteiger charge is -2.58. The molecule has 1 saturated heterocycles. The van der Waals surface area contributed by atoms with E-state index >= 15 is 0 Å². The SMILES string of the molecule is c1cc(-c2onc3ccc(-c4nn[nH]n4)cc23)cc(C2CCN(C3CC4(CCC4)C3)CC2)c1. The van der Waals surface area contributed by atoms with Gasteiger partial charge < -0.3 is 9.42 Å². The van der Waals surface area contributed by atoms with E-state index in [4.69, 9.17) is 4.52 Å². The molecular weight excluding hydrogens is 412 g/mol. The van der Waals surface area contributed by atoms with Gasteiger partial charge in [-0.05, 0) is 98.0 Å². The highest BCUT2D eigenvalue weighted by molar-refractivity contribution is 5.94. The summed E-state index contributed by atoms with van der Waals surface area (Å²) in [6.45, 7) is 2.46. The van der Waals surface area contributed by atoms with Gasteiger partial charge >= 0.3 is 0 Å². The Morgan fingerprint density at radius 1 is 1.00 bits per heavy atom. The van der Waals surface area contributed by atoms with Crippen molar-refractivity contribution in [3.63, 3.8) is 0 Å². The third-order valence-electron chi connectivity index (χ3n) is 8.50. The second-order valence-corrected chi connectivity index (χ2v) is 10.3. The first-order valence-corrected chi connectivity index (χ1v) is 12.2. The van der Waals surface area contributed by atoms with Gasteiger partial charge in [0.25, 0.3) is 0 Å². The first-order chi connectivity index (χ1) is 16.3. The standard InChI is InChI=1S/C26H28N6O/c1-3-18(17-7-11-32(12-8-17)21-15-26(16-21)9-2-10-26)13-19(4-1)24-22-14-20(25-27-30-31-28-25)5-6-23(22)29-33-24/h1,3-6,13-14,17,21H,2,7-12,15-16H2,(H,27,28,30,31). The minimum Gasteiger partial charge on any atom is -0.355 e. The van der Waals surface area contributed by atoms with Crippen LogP contribution in [0.5, 0.6) is 0 Å². The number of likely N-dealkylation sites (tertiary alicyclic amines) is 1. The molecule has 4 aromatic rings. The third-order valence-corrected chi connectivity index (χ3v) is 8.50. The number of benzene rings is 2. The number of piperidine rings is 1. The first-order valence-electron chi connectivity index (χ1n) is 12.2. The van der Waals surface area contributed by atoms with Crippen LogP contribution < -0.4 is 0 Å². The van der Waals surface area contributed by atoms with Crippen LogP contribution in [0.3, 0.4) is 0 Å². The van der Waals surface area contributed by atoms with E-state index in [1.165, 1.54) is 63.6 Å². The fraction of sp³-hybridized carbons (Fsp3) is 0.462. The summed E-state index contributed by atoms with van der Waals surface area (Å²) < 4.78 is 5.80. The van der Waals surface area contributed by atoms with Crippen molar-refractivity contribution >= 4 is 10.9 Å². The Morgan fingerprint density at radius 3 is 2.64 bits per heavy atom. The van der Waals surface area contributed by atoms with E-state index in [9.17, 15) is 0 Å². The molecule has 0 atom stereocenters. The summed E-state index contributed by atoms with van der Waals surface area (Å²) in [7, 11) is 0. The molecule has 7 heteroatoms. The van der Waals surface area contributed by atoms with Crippen molar-refractivity contribution in [2.75, 3.05) is 13.1 Å². The van der Waals surface area contributed by atoms with Gasteiger partial charge in [-0.3, -0.25) is 0 Å². The van der Waals surface area contributed by atoms with Gasteiger partial charge in [-0.25, -0.2) is 0 Å². The molecule has 0 bridgehead atoms. The molecule has 7 rings (SSSR count). The second-order valence-electron chi connectivity index (χ2n) is 10.3. The molecule has 168 valence electrons. The fourth-order valence-electron chi connectivity index (χ4n) is 6.39. The first kappa shape index (κ1) is 19.4. The number of H-pyrrole nitrogens is 1. The smallest absolute Gasteiger partial charge is 0.204 e. The third kappa shape index (κ3) is 3.29. The number of tetrazole rings is 1. The van der Waals surface area contributed by atoms with Crippen molar-refractivity contribution in [3.8, 4) is 22.7 Å². The average molecular weight is 441 g/mol. The Hall–Kier alpha value is -3.06. The number of fused-ring (bicyclic) bond motifs is 1. The van der Waals surface area contributed by atoms with E-state index in [0.717, 1.165) is 39.2 Å². The van der Waals surface area contributed by atoms with E-state index in [0.29, 0.717) is 11.7 Å². The van der Waals surface area contributed by atoms with Crippen molar-refractivity contribution in [2.24, 2.45) is 5.41 Å². The number of rotatable bonds is 4. The number of hydrogen-bond donors (Lipinski definition) is 1. The molecule has 2 aromatic carbocycles. The van der Waals surface area contributed by atoms with Crippen LogP contribution in [0.1, 0.15) is 56.4 Å². The molecule has 3 heterocycles. The topological polar surface area (TPSA) is 83.7 Å². The van der Waals surface area contributed by atoms with Gasteiger partial charge in [0.2, 0.25) is 5.82 Å². The van der Waals surface area contributed by atoms with E-state index in [1.807, 2.05) is 18.2 Å². The van der Waals surface area contributed by atoms with Crippen LogP contribution in [0.2, 0.25) is 0 Å². The molecule has 3 fully saturated rings. The molecule has 2 aromatic heterocycles. The monoisotopic (exact) mass is 440 g/mol. The zero-order valence-electron chi connectivity index (χ0n) is 18.7. The van der Waals surface area contributed by atoms with Gasteiger partial charge in [-0.15, -0.1) is 10.2 Å². The van der Waals surface area contributed by atoms with Crippen molar-refractivity contribution in [1.29, 1.82) is 0 Å². The molecular formula is C26H28N6O. The summed E-state index contributed by atoms with van der Waals surface area (Å²) in [4.78, 5) is 2.77. The van der Waals surface area contributed by atoms with Crippen molar-refractivity contribution < 1.29 is 4.52 Å². The van der Waals surface area contributed by atoms with E-state index < -0.39 is 0 Å². The van der Waals surface area contributed by atoms with E-state index in [2.05, 4.69) is 54.9 Å². The average Bonchev–Trinajstić information content (AvgIpc) is 3.48. The van der Waals surface area contributed by atoms with Crippen LogP contribution in [0.4, 0.5) is 0 Å². The molecule has 33 heavy (non-hydrogen) atoms. The van der Waals surface area contributed by atoms with Crippen molar-refractivity contribution in [1.82, 2.24) is 30.7 Å². The zero-order chi connectivity index (χ0) is 21.8. The molecule has 1 N–H and O–H groups in total. The van der Waals surface area contributed by atoms with Gasteiger partial charge in [0.15, 0.2) is 5.76 Å². The predicted molar refractivity (Wildman–Crippen MR) is 125 cm³/mol. The maximum Gasteiger partial charge on any atom is 0.204 e. The zero-order valence-corrected chi connectivity index (χ0v) is 18.7. The Kier molecular flexibility index (Phi) is 4.40. The lowest BCUT2D eigenvalue weighted by Crippen LogP contribution is -2.55. The number of nitrogens with zero attached hydrogens (tertiary/aromatic N) is 5. The minimum absolute atomic E-state index is 0.569. The molecule has 7 nitrogen and oxygen atoms in total. The molecule has 0 amide bonds. The summed E-state index contributed by atoms with van der Waals surface area (Å²) in [6, 6.07) is 15.6. The quantitative estimate of drug-likeness (QED) is 0.470. The maximum absolute atomic E-state index is 5.80. The Balaban J connectivity index is 1.10.